The molecule has 1 N–H and O–H groups in total. The molecule has 0 aromatic carbocycles. The lowest BCUT2D eigenvalue weighted by molar-refractivity contribution is 0.0341. The quantitative estimate of drug-likeness (QED) is 0.289. The van der Waals surface area contributed by atoms with Crippen LogP contribution in [0.25, 0.3) is 10.4 Å². The summed E-state index contributed by atoms with van der Waals surface area (Å²) in [5.74, 6) is 0. The molecule has 0 radical (unpaired) electrons. The third-order valence-electron chi connectivity index (χ3n) is 2.97. The Morgan fingerprint density at radius 3 is 2.40 bits per heavy atom. The predicted octanol–water partition coefficient (Wildman–Crippen LogP) is 0.625. The van der Waals surface area contributed by atoms with Crippen molar-refractivity contribution in [1.29, 1.82) is 0 Å². The molecular weight excluding hydrogens is 266 g/mol. The molecule has 1 rings (SSSR count). The van der Waals surface area contributed by atoms with Gasteiger partial charge in [0, 0.05) is 44.2 Å². The molecule has 1 amide bonds. The maximum atomic E-state index is 10.7. The van der Waals surface area contributed by atoms with Gasteiger partial charge in [0.05, 0.1) is 26.4 Å². The van der Waals surface area contributed by atoms with Crippen molar-refractivity contribution in [3.63, 3.8) is 0 Å². The fourth-order valence-corrected chi connectivity index (χ4v) is 1.83. The maximum absolute atomic E-state index is 10.7. The molecule has 0 unspecified atom stereocenters. The van der Waals surface area contributed by atoms with Gasteiger partial charge in [-0.15, -0.1) is 0 Å². The number of nitrogens with zero attached hydrogens (tertiary/aromatic N) is 5. The van der Waals surface area contributed by atoms with Crippen molar-refractivity contribution in [2.75, 3.05) is 65.7 Å². The molecule has 0 aromatic heterocycles. The highest BCUT2D eigenvalue weighted by Crippen LogP contribution is 2.01. The molecule has 0 aromatic rings. The van der Waals surface area contributed by atoms with E-state index in [1.165, 1.54) is 4.90 Å². The first-order valence-corrected chi connectivity index (χ1v) is 6.60. The van der Waals surface area contributed by atoms with Crippen LogP contribution < -0.4 is 0 Å². The highest BCUT2D eigenvalue weighted by molar-refractivity contribution is 5.65. The second-order valence-electron chi connectivity index (χ2n) is 4.29. The van der Waals surface area contributed by atoms with Gasteiger partial charge in [0.25, 0.3) is 0 Å². The Kier molecular flexibility index (Phi) is 8.48. The Hall–Kier alpha value is -1.54. The normalized spacial score (nSPS) is 15.9. The molecule has 1 saturated heterocycles. The van der Waals surface area contributed by atoms with Crippen LogP contribution in [0.2, 0.25) is 0 Å². The van der Waals surface area contributed by atoms with Gasteiger partial charge in [-0.25, -0.2) is 4.79 Å². The fraction of sp³-hybridized carbons (Fsp3) is 0.909. The Morgan fingerprint density at radius 1 is 1.15 bits per heavy atom. The van der Waals surface area contributed by atoms with Crippen LogP contribution in [0, 0.1) is 0 Å². The van der Waals surface area contributed by atoms with Gasteiger partial charge in [-0.3, -0.25) is 4.90 Å². The second kappa shape index (κ2) is 10.3. The van der Waals surface area contributed by atoms with Gasteiger partial charge in [0.2, 0.25) is 0 Å². The first-order chi connectivity index (χ1) is 9.74. The van der Waals surface area contributed by atoms with Crippen molar-refractivity contribution in [2.24, 2.45) is 5.11 Å². The number of azide groups is 1. The van der Waals surface area contributed by atoms with E-state index >= 15 is 0 Å². The molecule has 1 heterocycles. The number of rotatable bonds is 9. The summed E-state index contributed by atoms with van der Waals surface area (Å²) < 4.78 is 10.6. The minimum absolute atomic E-state index is 0.338. The van der Waals surface area contributed by atoms with E-state index in [-0.39, 0.29) is 0 Å². The van der Waals surface area contributed by atoms with Gasteiger partial charge >= 0.3 is 6.09 Å². The molecule has 0 spiro atoms. The number of ether oxygens (including phenoxy) is 2. The lowest BCUT2D eigenvalue weighted by Gasteiger charge is -2.32. The van der Waals surface area contributed by atoms with Crippen LogP contribution in [-0.4, -0.2) is 86.7 Å². The van der Waals surface area contributed by atoms with Crippen LogP contribution in [0.3, 0.4) is 0 Å². The predicted molar refractivity (Wildman–Crippen MR) is 71.7 cm³/mol. The van der Waals surface area contributed by atoms with Crippen molar-refractivity contribution in [1.82, 2.24) is 9.80 Å². The van der Waals surface area contributed by atoms with Crippen LogP contribution in [0.5, 0.6) is 0 Å². The van der Waals surface area contributed by atoms with Gasteiger partial charge in [-0.1, -0.05) is 5.11 Å². The summed E-state index contributed by atoms with van der Waals surface area (Å²) in [7, 11) is 0. The highest BCUT2D eigenvalue weighted by atomic mass is 16.5. The molecule has 0 saturated carbocycles. The summed E-state index contributed by atoms with van der Waals surface area (Å²) in [6, 6.07) is 0. The zero-order valence-corrected chi connectivity index (χ0v) is 11.5. The summed E-state index contributed by atoms with van der Waals surface area (Å²) >= 11 is 0. The maximum Gasteiger partial charge on any atom is 0.407 e. The van der Waals surface area contributed by atoms with E-state index < -0.39 is 6.09 Å². The first kappa shape index (κ1) is 16.5. The third kappa shape index (κ3) is 7.15. The SMILES string of the molecule is [N-]=[N+]=NCCOCCOCCN1CCN(C(=O)O)CC1. The third-order valence-corrected chi connectivity index (χ3v) is 2.97. The Labute approximate surface area is 117 Å². The van der Waals surface area contributed by atoms with Crippen LogP contribution in [0.4, 0.5) is 4.79 Å². The monoisotopic (exact) mass is 287 g/mol. The molecular formula is C11H21N5O4. The number of carbonyl (C=O) groups is 1. The minimum Gasteiger partial charge on any atom is -0.465 e. The number of amides is 1. The number of piperazine rings is 1. The molecule has 20 heavy (non-hydrogen) atoms. The molecule has 0 aliphatic carbocycles. The molecule has 9 nitrogen and oxygen atoms in total. The van der Waals surface area contributed by atoms with E-state index in [2.05, 4.69) is 14.9 Å². The molecule has 9 heteroatoms. The molecule has 0 bridgehead atoms. The van der Waals surface area contributed by atoms with Crippen LogP contribution in [0.1, 0.15) is 0 Å². The van der Waals surface area contributed by atoms with Gasteiger partial charge < -0.3 is 19.5 Å². The summed E-state index contributed by atoms with van der Waals surface area (Å²) in [4.78, 5) is 17.0. The second-order valence-corrected chi connectivity index (χ2v) is 4.29. The van der Waals surface area contributed by atoms with Crippen LogP contribution >= 0.6 is 0 Å². The molecule has 1 aliphatic heterocycles. The van der Waals surface area contributed by atoms with Crippen LogP contribution in [0.15, 0.2) is 5.11 Å². The van der Waals surface area contributed by atoms with Crippen molar-refractivity contribution in [3.8, 4) is 0 Å². The summed E-state index contributed by atoms with van der Waals surface area (Å²) in [6.07, 6.45) is -0.848. The number of carboxylic acid groups (broad SMARTS) is 1. The van der Waals surface area contributed by atoms with E-state index in [0.717, 1.165) is 19.6 Å². The van der Waals surface area contributed by atoms with Gasteiger partial charge in [0.15, 0.2) is 0 Å². The van der Waals surface area contributed by atoms with Crippen LogP contribution in [-0.2, 0) is 9.47 Å². The Morgan fingerprint density at radius 2 is 1.80 bits per heavy atom. The number of hydrogen-bond acceptors (Lipinski definition) is 5. The largest absolute Gasteiger partial charge is 0.465 e. The van der Waals surface area contributed by atoms with E-state index in [4.69, 9.17) is 20.1 Å². The zero-order valence-electron chi connectivity index (χ0n) is 11.5. The zero-order chi connectivity index (χ0) is 14.6. The average Bonchev–Trinajstić information content (AvgIpc) is 2.46. The van der Waals surface area contributed by atoms with Crippen molar-refractivity contribution in [2.45, 2.75) is 0 Å². The van der Waals surface area contributed by atoms with Crippen molar-refractivity contribution < 1.29 is 19.4 Å². The van der Waals surface area contributed by atoms with E-state index in [0.29, 0.717) is 46.1 Å². The van der Waals surface area contributed by atoms with E-state index in [1.54, 1.807) is 0 Å². The van der Waals surface area contributed by atoms with Crippen molar-refractivity contribution >= 4 is 6.09 Å². The van der Waals surface area contributed by atoms with Gasteiger partial charge in [-0.05, 0) is 5.53 Å². The smallest absolute Gasteiger partial charge is 0.407 e. The lowest BCUT2D eigenvalue weighted by Crippen LogP contribution is -2.49. The van der Waals surface area contributed by atoms with Crippen molar-refractivity contribution in [3.05, 3.63) is 10.4 Å². The van der Waals surface area contributed by atoms with Gasteiger partial charge in [-0.2, -0.15) is 0 Å². The number of hydrogen-bond donors (Lipinski definition) is 1. The molecule has 1 fully saturated rings. The first-order valence-electron chi connectivity index (χ1n) is 6.60. The Bertz CT molecular complexity index is 327. The van der Waals surface area contributed by atoms with E-state index in [9.17, 15) is 4.79 Å². The summed E-state index contributed by atoms with van der Waals surface area (Å²) in [5.41, 5.74) is 8.05. The Balaban J connectivity index is 1.90. The molecule has 1 aliphatic rings. The summed E-state index contributed by atoms with van der Waals surface area (Å²) in [6.45, 7) is 5.74. The molecule has 114 valence electrons. The average molecular weight is 287 g/mol. The minimum atomic E-state index is -0.848. The standard InChI is InChI=1S/C11H21N5O4/c12-14-13-1-7-19-9-10-20-8-6-15-2-4-16(5-3-15)11(17)18/h1-10H2,(H,17,18). The topological polar surface area (TPSA) is 111 Å². The molecule has 0 atom stereocenters. The highest BCUT2D eigenvalue weighted by Gasteiger charge is 2.19. The summed E-state index contributed by atoms with van der Waals surface area (Å²) in [5, 5.41) is 12.2. The fourth-order valence-electron chi connectivity index (χ4n) is 1.83. The lowest BCUT2D eigenvalue weighted by atomic mass is 10.3. The van der Waals surface area contributed by atoms with Gasteiger partial charge in [0.1, 0.15) is 0 Å². The van der Waals surface area contributed by atoms with E-state index in [1.807, 2.05) is 0 Å².